The van der Waals surface area contributed by atoms with Crippen molar-refractivity contribution in [1.29, 1.82) is 0 Å². The fourth-order valence-corrected chi connectivity index (χ4v) is 2.45. The lowest BCUT2D eigenvalue weighted by molar-refractivity contribution is -0.935. The quantitative estimate of drug-likeness (QED) is 0.788. The van der Waals surface area contributed by atoms with Crippen LogP contribution in [0.3, 0.4) is 0 Å². The van der Waals surface area contributed by atoms with Gasteiger partial charge in [-0.1, -0.05) is 42.5 Å². The number of ether oxygens (including phenoxy) is 1. The van der Waals surface area contributed by atoms with Crippen molar-refractivity contribution < 1.29 is 19.5 Å². The van der Waals surface area contributed by atoms with Gasteiger partial charge in [0.1, 0.15) is 25.4 Å². The normalized spacial score (nSPS) is 12.1. The van der Waals surface area contributed by atoms with Crippen LogP contribution in [0.1, 0.15) is 29.8 Å². The second kappa shape index (κ2) is 8.34. The Kier molecular flexibility index (Phi) is 6.18. The molecule has 23 heavy (non-hydrogen) atoms. The average Bonchev–Trinajstić information content (AvgIpc) is 2.55. The van der Waals surface area contributed by atoms with Crippen molar-refractivity contribution in [1.82, 2.24) is 0 Å². The topological polar surface area (TPSA) is 53.8 Å². The summed E-state index contributed by atoms with van der Waals surface area (Å²) in [6.07, 6.45) is 0. The second-order valence-electron chi connectivity index (χ2n) is 5.89. The van der Waals surface area contributed by atoms with Gasteiger partial charge in [0.25, 0.3) is 0 Å². The van der Waals surface area contributed by atoms with Crippen molar-refractivity contribution in [3.63, 3.8) is 0 Å². The Morgan fingerprint density at radius 2 is 1.87 bits per heavy atom. The van der Waals surface area contributed by atoms with E-state index in [1.54, 1.807) is 12.1 Å². The highest BCUT2D eigenvalue weighted by Gasteiger charge is 2.13. The molecule has 1 unspecified atom stereocenters. The first kappa shape index (κ1) is 17.0. The van der Waals surface area contributed by atoms with Gasteiger partial charge < -0.3 is 19.5 Å². The summed E-state index contributed by atoms with van der Waals surface area (Å²) < 4.78 is 5.70. The third-order valence-electron chi connectivity index (χ3n) is 3.85. The molecule has 0 saturated carbocycles. The Labute approximate surface area is 137 Å². The molecule has 0 aliphatic heterocycles. The molecule has 4 heteroatoms. The van der Waals surface area contributed by atoms with Crippen molar-refractivity contribution in [2.75, 3.05) is 13.2 Å². The number of nitrogens with one attached hydrogen (secondary N) is 1. The van der Waals surface area contributed by atoms with Crippen LogP contribution in [0.15, 0.2) is 54.6 Å². The van der Waals surface area contributed by atoms with E-state index in [9.17, 15) is 9.90 Å². The predicted molar refractivity (Wildman–Crippen MR) is 87.4 cm³/mol. The largest absolute Gasteiger partial charge is 0.545 e. The number of quaternary nitrogens is 1. The molecule has 2 rings (SSSR count). The number of hydrogen-bond acceptors (Lipinski definition) is 3. The number of hydrogen-bond donors (Lipinski definition) is 1. The number of carbonyl (C=O) groups excluding carboxylic acids is 1. The first-order chi connectivity index (χ1) is 11.1. The first-order valence-corrected chi connectivity index (χ1v) is 7.89. The van der Waals surface area contributed by atoms with Gasteiger partial charge in [0.05, 0.1) is 12.0 Å². The van der Waals surface area contributed by atoms with E-state index >= 15 is 0 Å². The van der Waals surface area contributed by atoms with E-state index in [0.717, 1.165) is 13.1 Å². The lowest BCUT2D eigenvalue weighted by Gasteiger charge is -2.23. The molecular formula is C19H23NO3. The zero-order valence-electron chi connectivity index (χ0n) is 13.6. The summed E-state index contributed by atoms with van der Waals surface area (Å²) in [5.74, 6) is -0.622. The van der Waals surface area contributed by atoms with Crippen molar-refractivity contribution in [2.45, 2.75) is 26.4 Å². The van der Waals surface area contributed by atoms with Crippen LogP contribution in [0.4, 0.5) is 0 Å². The Balaban J connectivity index is 1.89. The molecule has 0 aliphatic carbocycles. The van der Waals surface area contributed by atoms with Crippen LogP contribution in [-0.2, 0) is 6.54 Å². The predicted octanol–water partition coefficient (Wildman–Crippen LogP) is 0.922. The molecule has 2 aromatic carbocycles. The van der Waals surface area contributed by atoms with Crippen molar-refractivity contribution >= 4 is 5.97 Å². The van der Waals surface area contributed by atoms with Gasteiger partial charge in [-0.2, -0.15) is 0 Å². The van der Waals surface area contributed by atoms with Gasteiger partial charge in [0.15, 0.2) is 0 Å². The summed E-state index contributed by atoms with van der Waals surface area (Å²) in [5, 5.41) is 10.9. The summed E-state index contributed by atoms with van der Waals surface area (Å²) >= 11 is 0. The molecule has 0 bridgehead atoms. The first-order valence-electron chi connectivity index (χ1n) is 7.89. The summed E-state index contributed by atoms with van der Waals surface area (Å²) in [5.41, 5.74) is 1.44. The van der Waals surface area contributed by atoms with Gasteiger partial charge in [0.2, 0.25) is 0 Å². The molecule has 0 heterocycles. The van der Waals surface area contributed by atoms with Crippen molar-refractivity contribution in [2.24, 2.45) is 0 Å². The van der Waals surface area contributed by atoms with E-state index < -0.39 is 5.97 Å². The number of carboxylic acid groups (broad SMARTS) is 1. The van der Waals surface area contributed by atoms with Crippen LogP contribution in [0.25, 0.3) is 0 Å². The Bertz CT molecular complexity index is 626. The number of benzene rings is 2. The zero-order valence-corrected chi connectivity index (χ0v) is 13.6. The Hall–Kier alpha value is -2.33. The van der Waals surface area contributed by atoms with Gasteiger partial charge in [-0.15, -0.1) is 0 Å². The highest BCUT2D eigenvalue weighted by Crippen LogP contribution is 2.12. The molecule has 122 valence electrons. The summed E-state index contributed by atoms with van der Waals surface area (Å²) in [6.45, 7) is 6.71. The van der Waals surface area contributed by atoms with Gasteiger partial charge in [-0.25, -0.2) is 0 Å². The van der Waals surface area contributed by atoms with Crippen LogP contribution in [0.5, 0.6) is 5.75 Å². The molecule has 1 atom stereocenters. The lowest BCUT2D eigenvalue weighted by Crippen LogP contribution is -3.14. The van der Waals surface area contributed by atoms with Crippen LogP contribution >= 0.6 is 0 Å². The second-order valence-corrected chi connectivity index (χ2v) is 5.89. The van der Waals surface area contributed by atoms with Crippen molar-refractivity contribution in [3.05, 3.63) is 65.7 Å². The van der Waals surface area contributed by atoms with E-state index in [4.69, 9.17) is 4.74 Å². The summed E-state index contributed by atoms with van der Waals surface area (Å²) in [6, 6.07) is 17.3. The molecule has 4 nitrogen and oxygen atoms in total. The van der Waals surface area contributed by atoms with Gasteiger partial charge in [-0.05, 0) is 26.0 Å². The molecule has 0 radical (unpaired) electrons. The highest BCUT2D eigenvalue weighted by molar-refractivity contribution is 5.86. The number of carboxylic acids is 1. The minimum absolute atomic E-state index is 0.139. The molecule has 0 aliphatic rings. The average molecular weight is 313 g/mol. The third kappa shape index (κ3) is 5.42. The number of rotatable bonds is 8. The van der Waals surface area contributed by atoms with Gasteiger partial charge in [-0.3, -0.25) is 0 Å². The summed E-state index contributed by atoms with van der Waals surface area (Å²) in [7, 11) is 0. The van der Waals surface area contributed by atoms with E-state index in [-0.39, 0.29) is 5.56 Å². The molecular weight excluding hydrogens is 290 g/mol. The van der Waals surface area contributed by atoms with Gasteiger partial charge in [0, 0.05) is 11.1 Å². The fraction of sp³-hybridized carbons (Fsp3) is 0.316. The maximum absolute atomic E-state index is 10.9. The minimum Gasteiger partial charge on any atom is -0.545 e. The smallest absolute Gasteiger partial charge is 0.137 e. The fourth-order valence-electron chi connectivity index (χ4n) is 2.45. The third-order valence-corrected chi connectivity index (χ3v) is 3.85. The highest BCUT2D eigenvalue weighted by atomic mass is 16.5. The van der Waals surface area contributed by atoms with Gasteiger partial charge >= 0.3 is 0 Å². The molecule has 0 fully saturated rings. The Morgan fingerprint density at radius 3 is 2.52 bits per heavy atom. The van der Waals surface area contributed by atoms with Crippen molar-refractivity contribution in [3.8, 4) is 5.75 Å². The molecule has 0 saturated heterocycles. The molecule has 0 amide bonds. The molecule has 1 N–H and O–H groups in total. The maximum atomic E-state index is 10.9. The number of aromatic carboxylic acids is 1. The van der Waals surface area contributed by atoms with E-state index in [2.05, 4.69) is 38.1 Å². The molecule has 2 aromatic rings. The standard InChI is InChI=1S/C19H23NO3/c1-15(2)20(14-16-7-4-3-5-8-16)11-12-23-18-10-6-9-17(13-18)19(21)22/h3-10,13,15H,11-12,14H2,1-2H3,(H,21,22). The maximum Gasteiger partial charge on any atom is 0.137 e. The molecule has 0 spiro atoms. The Morgan fingerprint density at radius 1 is 1.13 bits per heavy atom. The van der Waals surface area contributed by atoms with E-state index in [1.165, 1.54) is 22.6 Å². The van der Waals surface area contributed by atoms with Crippen LogP contribution < -0.4 is 14.7 Å². The van der Waals surface area contributed by atoms with E-state index in [1.807, 2.05) is 6.07 Å². The van der Waals surface area contributed by atoms with Crippen LogP contribution in [-0.4, -0.2) is 25.2 Å². The zero-order chi connectivity index (χ0) is 16.7. The SMILES string of the molecule is CC(C)[NH+](CCOc1cccc(C(=O)[O-])c1)Cc1ccccc1. The van der Waals surface area contributed by atoms with Crippen LogP contribution in [0.2, 0.25) is 0 Å². The number of carbonyl (C=O) groups is 1. The van der Waals surface area contributed by atoms with Crippen LogP contribution in [0, 0.1) is 0 Å². The monoisotopic (exact) mass is 313 g/mol. The molecule has 0 aromatic heterocycles. The van der Waals surface area contributed by atoms with E-state index in [0.29, 0.717) is 18.4 Å². The summed E-state index contributed by atoms with van der Waals surface area (Å²) in [4.78, 5) is 12.3. The minimum atomic E-state index is -1.19. The lowest BCUT2D eigenvalue weighted by atomic mass is 10.2.